The van der Waals surface area contributed by atoms with E-state index in [1.807, 2.05) is 0 Å². The van der Waals surface area contributed by atoms with E-state index in [0.29, 0.717) is 11.1 Å². The Bertz CT molecular complexity index is 395. The molecule has 0 radical (unpaired) electrons. The Labute approximate surface area is 95.4 Å². The van der Waals surface area contributed by atoms with Crippen LogP contribution in [0.5, 0.6) is 0 Å². The second-order valence-electron chi connectivity index (χ2n) is 3.33. The zero-order valence-corrected chi connectivity index (χ0v) is 9.53. The molecule has 0 heterocycles. The molecule has 0 aliphatic heterocycles. The van der Waals surface area contributed by atoms with E-state index in [1.165, 1.54) is 31.2 Å². The van der Waals surface area contributed by atoms with Gasteiger partial charge in [0, 0.05) is 5.57 Å². The van der Waals surface area contributed by atoms with Crippen molar-refractivity contribution in [2.75, 3.05) is 0 Å². The largest absolute Gasteiger partial charge is 0.509 e. The van der Waals surface area contributed by atoms with Gasteiger partial charge >= 0.3 is 0 Å². The molecule has 0 aromatic rings. The minimum Gasteiger partial charge on any atom is -0.509 e. The fraction of sp³-hybridized carbons (Fsp3) is 0.154. The van der Waals surface area contributed by atoms with Crippen molar-refractivity contribution < 1.29 is 15.0 Å². The summed E-state index contributed by atoms with van der Waals surface area (Å²) in [7, 11) is 0. The van der Waals surface area contributed by atoms with Gasteiger partial charge in [-0.2, -0.15) is 0 Å². The highest BCUT2D eigenvalue weighted by Crippen LogP contribution is 2.13. The molecule has 0 fully saturated rings. The van der Waals surface area contributed by atoms with Crippen molar-refractivity contribution >= 4 is 5.78 Å². The lowest BCUT2D eigenvalue weighted by atomic mass is 10.1. The Hall–Kier alpha value is -2.03. The van der Waals surface area contributed by atoms with Crippen LogP contribution in [-0.2, 0) is 4.79 Å². The van der Waals surface area contributed by atoms with Crippen molar-refractivity contribution in [3.8, 4) is 0 Å². The molecule has 16 heavy (non-hydrogen) atoms. The van der Waals surface area contributed by atoms with Crippen LogP contribution < -0.4 is 0 Å². The van der Waals surface area contributed by atoms with Crippen LogP contribution in [0.1, 0.15) is 13.8 Å². The summed E-state index contributed by atoms with van der Waals surface area (Å²) in [6.45, 7) is 9.95. The number of hydrogen-bond donors (Lipinski definition) is 2. The highest BCUT2D eigenvalue weighted by atomic mass is 16.3. The molecule has 0 aliphatic rings. The minimum atomic E-state index is -0.120. The molecule has 0 unspecified atom stereocenters. The predicted octanol–water partition coefficient (Wildman–Crippen LogP) is 3.15. The number of rotatable bonds is 5. The molecule has 0 atom stereocenters. The van der Waals surface area contributed by atoms with E-state index in [-0.39, 0.29) is 17.3 Å². The van der Waals surface area contributed by atoms with Crippen LogP contribution in [0.3, 0.4) is 0 Å². The Kier molecular flexibility index (Phi) is 5.63. The van der Waals surface area contributed by atoms with Gasteiger partial charge in [-0.05, 0) is 37.6 Å². The smallest absolute Gasteiger partial charge is 0.152 e. The van der Waals surface area contributed by atoms with E-state index in [1.54, 1.807) is 6.92 Å². The minimum absolute atomic E-state index is 0.0324. The molecule has 0 aromatic carbocycles. The lowest BCUT2D eigenvalue weighted by Crippen LogP contribution is -1.89. The zero-order valence-electron chi connectivity index (χ0n) is 9.53. The van der Waals surface area contributed by atoms with Crippen molar-refractivity contribution in [2.24, 2.45) is 0 Å². The maximum Gasteiger partial charge on any atom is 0.152 e. The molecule has 0 spiro atoms. The van der Waals surface area contributed by atoms with Crippen molar-refractivity contribution in [1.29, 1.82) is 0 Å². The summed E-state index contributed by atoms with van der Waals surface area (Å²) < 4.78 is 0. The van der Waals surface area contributed by atoms with Gasteiger partial charge in [-0.25, -0.2) is 0 Å². The van der Waals surface area contributed by atoms with Crippen LogP contribution in [-0.4, -0.2) is 16.0 Å². The number of aliphatic hydroxyl groups is 2. The van der Waals surface area contributed by atoms with E-state index in [0.717, 1.165) is 0 Å². The zero-order chi connectivity index (χ0) is 12.7. The second-order valence-corrected chi connectivity index (χ2v) is 3.33. The summed E-state index contributed by atoms with van der Waals surface area (Å²) in [5.41, 5.74) is 0.856. The first kappa shape index (κ1) is 14.0. The van der Waals surface area contributed by atoms with Gasteiger partial charge in [-0.1, -0.05) is 19.2 Å². The molecule has 0 aromatic heterocycles. The number of carbonyl (C=O) groups is 1. The Morgan fingerprint density at radius 1 is 1.00 bits per heavy atom. The summed E-state index contributed by atoms with van der Waals surface area (Å²) in [4.78, 5) is 10.7. The molecular weight excluding hydrogens is 204 g/mol. The third-order valence-electron chi connectivity index (χ3n) is 1.72. The molecule has 3 nitrogen and oxygen atoms in total. The van der Waals surface area contributed by atoms with Gasteiger partial charge in [-0.3, -0.25) is 4.79 Å². The Morgan fingerprint density at radius 2 is 1.56 bits per heavy atom. The molecule has 3 heteroatoms. The van der Waals surface area contributed by atoms with Crippen molar-refractivity contribution in [2.45, 2.75) is 13.8 Å². The molecule has 0 bridgehead atoms. The van der Waals surface area contributed by atoms with Gasteiger partial charge in [0.2, 0.25) is 0 Å². The molecule has 86 valence electrons. The standard InChI is InChI=1S/C13H16O3/c1-9(5-7-11(3)14)13(16)10(2)6-8-12(4)15/h5-8,14,16H,1,3H2,2,4H3/b7-5-,8-6?,13-10?. The highest BCUT2D eigenvalue weighted by molar-refractivity contribution is 5.87. The average Bonchev–Trinajstić information content (AvgIpc) is 2.21. The summed E-state index contributed by atoms with van der Waals surface area (Å²) in [6.07, 6.45) is 5.61. The van der Waals surface area contributed by atoms with Crippen LogP contribution in [0.4, 0.5) is 0 Å². The SMILES string of the molecule is C=C(O)/C=C\C(=C)C(O)=C(C)C=CC(C)=O. The van der Waals surface area contributed by atoms with Gasteiger partial charge in [0.05, 0.1) is 0 Å². The fourth-order valence-electron chi connectivity index (χ4n) is 0.850. The molecule has 0 amide bonds. The Morgan fingerprint density at radius 3 is 2.00 bits per heavy atom. The van der Waals surface area contributed by atoms with E-state index >= 15 is 0 Å². The normalized spacial score (nSPS) is 12.9. The van der Waals surface area contributed by atoms with Crippen LogP contribution in [0.15, 0.2) is 60.1 Å². The Balaban J connectivity index is 4.82. The van der Waals surface area contributed by atoms with Gasteiger partial charge in [-0.15, -0.1) is 0 Å². The van der Waals surface area contributed by atoms with Gasteiger partial charge in [0.1, 0.15) is 11.5 Å². The first-order chi connectivity index (χ1) is 7.34. The first-order valence-corrected chi connectivity index (χ1v) is 4.68. The van der Waals surface area contributed by atoms with Crippen molar-refractivity contribution in [3.63, 3.8) is 0 Å². The topological polar surface area (TPSA) is 57.5 Å². The second kappa shape index (κ2) is 6.45. The van der Waals surface area contributed by atoms with Gasteiger partial charge in [0.15, 0.2) is 5.78 Å². The van der Waals surface area contributed by atoms with Crippen LogP contribution in [0.2, 0.25) is 0 Å². The van der Waals surface area contributed by atoms with Gasteiger partial charge in [0.25, 0.3) is 0 Å². The van der Waals surface area contributed by atoms with Crippen molar-refractivity contribution in [3.05, 3.63) is 60.1 Å². The van der Waals surface area contributed by atoms with Crippen LogP contribution >= 0.6 is 0 Å². The summed E-state index contributed by atoms with van der Waals surface area (Å²) in [5.74, 6) is -0.252. The number of aliphatic hydroxyl groups excluding tert-OH is 2. The quantitative estimate of drug-likeness (QED) is 0.425. The highest BCUT2D eigenvalue weighted by Gasteiger charge is 2.00. The van der Waals surface area contributed by atoms with Crippen LogP contribution in [0.25, 0.3) is 0 Å². The van der Waals surface area contributed by atoms with E-state index in [4.69, 9.17) is 5.11 Å². The summed E-state index contributed by atoms with van der Waals surface area (Å²) in [5, 5.41) is 18.5. The molecule has 0 saturated heterocycles. The lowest BCUT2D eigenvalue weighted by Gasteiger charge is -2.01. The van der Waals surface area contributed by atoms with E-state index < -0.39 is 0 Å². The molecule has 0 aliphatic carbocycles. The number of ketones is 1. The predicted molar refractivity (Wildman–Crippen MR) is 65.2 cm³/mol. The van der Waals surface area contributed by atoms with Gasteiger partial charge < -0.3 is 10.2 Å². The summed E-state index contributed by atoms with van der Waals surface area (Å²) >= 11 is 0. The maximum absolute atomic E-state index is 10.7. The number of carbonyl (C=O) groups excluding carboxylic acids is 1. The van der Waals surface area contributed by atoms with E-state index in [9.17, 15) is 9.90 Å². The summed E-state index contributed by atoms with van der Waals surface area (Å²) in [6, 6.07) is 0. The van der Waals surface area contributed by atoms with E-state index in [2.05, 4.69) is 13.2 Å². The molecular formula is C13H16O3. The number of allylic oxidation sites excluding steroid dienone is 5. The third-order valence-corrected chi connectivity index (χ3v) is 1.72. The fourth-order valence-corrected chi connectivity index (χ4v) is 0.850. The number of hydrogen-bond acceptors (Lipinski definition) is 3. The molecule has 2 N–H and O–H groups in total. The lowest BCUT2D eigenvalue weighted by molar-refractivity contribution is -0.112. The van der Waals surface area contributed by atoms with Crippen molar-refractivity contribution in [1.82, 2.24) is 0 Å². The average molecular weight is 220 g/mol. The maximum atomic E-state index is 10.7. The monoisotopic (exact) mass is 220 g/mol. The third kappa shape index (κ3) is 5.65. The van der Waals surface area contributed by atoms with Crippen LogP contribution in [0, 0.1) is 0 Å². The molecule has 0 rings (SSSR count). The first-order valence-electron chi connectivity index (χ1n) is 4.68. The molecule has 0 saturated carbocycles.